The van der Waals surface area contributed by atoms with E-state index in [9.17, 15) is 0 Å². The van der Waals surface area contributed by atoms with Crippen LogP contribution in [0.25, 0.3) is 10.6 Å². The molecule has 1 aromatic heterocycles. The number of rotatable bonds is 4. The molecule has 0 N–H and O–H groups in total. The van der Waals surface area contributed by atoms with Crippen molar-refractivity contribution in [2.75, 3.05) is 19.8 Å². The summed E-state index contributed by atoms with van der Waals surface area (Å²) in [4.78, 5) is 8.29. The first-order chi connectivity index (χ1) is 10.7. The molecule has 0 bridgehead atoms. The molecule has 5 heteroatoms. The molecule has 118 valence electrons. The molecular formula is C17H21ClN2OS. The lowest BCUT2D eigenvalue weighted by Crippen LogP contribution is -2.42. The van der Waals surface area contributed by atoms with E-state index in [0.29, 0.717) is 11.9 Å². The zero-order valence-corrected chi connectivity index (χ0v) is 14.6. The first-order valence-electron chi connectivity index (χ1n) is 7.60. The normalized spacial score (nSPS) is 19.5. The third-order valence-corrected chi connectivity index (χ3v) is 5.43. The molecule has 3 nitrogen and oxygen atoms in total. The smallest absolute Gasteiger partial charge is 0.123 e. The van der Waals surface area contributed by atoms with Gasteiger partial charge in [-0.1, -0.05) is 24.3 Å². The van der Waals surface area contributed by atoms with E-state index in [1.807, 2.05) is 0 Å². The molecule has 3 rings (SSSR count). The van der Waals surface area contributed by atoms with Gasteiger partial charge in [-0.3, -0.25) is 4.90 Å². The topological polar surface area (TPSA) is 25.4 Å². The SMILES string of the molecule is Cc1sc(-c2ccc(CN3CCOCC3C)cc2)nc1CCl. The average molecular weight is 337 g/mol. The van der Waals surface area contributed by atoms with Crippen molar-refractivity contribution in [3.05, 3.63) is 40.4 Å². The Morgan fingerprint density at radius 3 is 2.77 bits per heavy atom. The van der Waals surface area contributed by atoms with Gasteiger partial charge in [0.15, 0.2) is 0 Å². The first-order valence-corrected chi connectivity index (χ1v) is 8.96. The largest absolute Gasteiger partial charge is 0.379 e. The number of aryl methyl sites for hydroxylation is 1. The average Bonchev–Trinajstić information content (AvgIpc) is 2.91. The Labute approximate surface area is 140 Å². The first kappa shape index (κ1) is 15.9. The van der Waals surface area contributed by atoms with Gasteiger partial charge in [0.2, 0.25) is 0 Å². The summed E-state index contributed by atoms with van der Waals surface area (Å²) in [5.41, 5.74) is 3.50. The molecule has 22 heavy (non-hydrogen) atoms. The molecule has 2 heterocycles. The highest BCUT2D eigenvalue weighted by Crippen LogP contribution is 2.28. The predicted octanol–water partition coefficient (Wildman–Crippen LogP) is 4.08. The summed E-state index contributed by atoms with van der Waals surface area (Å²) in [6.07, 6.45) is 0. The summed E-state index contributed by atoms with van der Waals surface area (Å²) in [5.74, 6) is 0.481. The van der Waals surface area contributed by atoms with Crippen molar-refractivity contribution in [2.24, 2.45) is 0 Å². The van der Waals surface area contributed by atoms with E-state index in [-0.39, 0.29) is 0 Å². The Bertz CT molecular complexity index is 626. The number of alkyl halides is 1. The van der Waals surface area contributed by atoms with Crippen LogP contribution >= 0.6 is 22.9 Å². The number of ether oxygens (including phenoxy) is 1. The second kappa shape index (κ2) is 7.09. The number of morpholine rings is 1. The van der Waals surface area contributed by atoms with Crippen LogP contribution < -0.4 is 0 Å². The zero-order valence-electron chi connectivity index (χ0n) is 13.0. The van der Waals surface area contributed by atoms with Crippen LogP contribution in [0.4, 0.5) is 0 Å². The number of nitrogens with zero attached hydrogens (tertiary/aromatic N) is 2. The van der Waals surface area contributed by atoms with Gasteiger partial charge in [0.25, 0.3) is 0 Å². The molecule has 1 aliphatic rings. The number of halogens is 1. The molecule has 1 unspecified atom stereocenters. The van der Waals surface area contributed by atoms with Gasteiger partial charge >= 0.3 is 0 Å². The molecule has 0 amide bonds. The summed E-state index contributed by atoms with van der Waals surface area (Å²) < 4.78 is 5.49. The fourth-order valence-corrected chi connectivity index (χ4v) is 3.93. The van der Waals surface area contributed by atoms with Gasteiger partial charge < -0.3 is 4.74 Å². The Hall–Kier alpha value is -0.940. The number of benzene rings is 1. The van der Waals surface area contributed by atoms with E-state index in [4.69, 9.17) is 16.3 Å². The summed E-state index contributed by atoms with van der Waals surface area (Å²) >= 11 is 7.62. The van der Waals surface area contributed by atoms with Crippen LogP contribution in [0.15, 0.2) is 24.3 Å². The van der Waals surface area contributed by atoms with Gasteiger partial charge in [-0.05, 0) is 19.4 Å². The molecular weight excluding hydrogens is 316 g/mol. The Balaban J connectivity index is 1.71. The summed E-state index contributed by atoms with van der Waals surface area (Å²) in [6, 6.07) is 9.22. The van der Waals surface area contributed by atoms with Gasteiger partial charge in [-0.2, -0.15) is 0 Å². The minimum absolute atomic E-state index is 0.481. The van der Waals surface area contributed by atoms with Crippen LogP contribution in [0.2, 0.25) is 0 Å². The standard InChI is InChI=1S/C17H21ClN2OS/c1-12-11-21-8-7-20(12)10-14-3-5-15(6-4-14)17-19-16(9-18)13(2)22-17/h3-6,12H,7-11H2,1-2H3. The van der Waals surface area contributed by atoms with Gasteiger partial charge in [0, 0.05) is 29.6 Å². The Kier molecular flexibility index (Phi) is 5.14. The maximum atomic E-state index is 5.91. The minimum atomic E-state index is 0.481. The Morgan fingerprint density at radius 2 is 2.14 bits per heavy atom. The summed E-state index contributed by atoms with van der Waals surface area (Å²) in [5, 5.41) is 1.06. The molecule has 2 aromatic rings. The quantitative estimate of drug-likeness (QED) is 0.787. The van der Waals surface area contributed by atoms with Crippen molar-refractivity contribution >= 4 is 22.9 Å². The lowest BCUT2D eigenvalue weighted by Gasteiger charge is -2.33. The molecule has 0 radical (unpaired) electrons. The fraction of sp³-hybridized carbons (Fsp3) is 0.471. The molecule has 0 aliphatic carbocycles. The van der Waals surface area contributed by atoms with Crippen molar-refractivity contribution in [2.45, 2.75) is 32.3 Å². The lowest BCUT2D eigenvalue weighted by molar-refractivity contribution is -0.00436. The van der Waals surface area contributed by atoms with Crippen molar-refractivity contribution in [3.63, 3.8) is 0 Å². The second-order valence-electron chi connectivity index (χ2n) is 5.75. The Morgan fingerprint density at radius 1 is 1.36 bits per heavy atom. The van der Waals surface area contributed by atoms with Crippen LogP contribution in [0.3, 0.4) is 0 Å². The van der Waals surface area contributed by atoms with Crippen molar-refractivity contribution in [1.82, 2.24) is 9.88 Å². The maximum absolute atomic E-state index is 5.91. The highest BCUT2D eigenvalue weighted by molar-refractivity contribution is 7.15. The highest BCUT2D eigenvalue weighted by Gasteiger charge is 2.18. The van der Waals surface area contributed by atoms with E-state index >= 15 is 0 Å². The lowest BCUT2D eigenvalue weighted by atomic mass is 10.1. The highest BCUT2D eigenvalue weighted by atomic mass is 35.5. The third kappa shape index (κ3) is 3.51. The molecule has 1 aliphatic heterocycles. The molecule has 1 aromatic carbocycles. The van der Waals surface area contributed by atoms with Crippen LogP contribution in [0.5, 0.6) is 0 Å². The summed E-state index contributed by atoms with van der Waals surface area (Å²) in [6.45, 7) is 7.95. The molecule has 1 saturated heterocycles. The number of hydrogen-bond acceptors (Lipinski definition) is 4. The van der Waals surface area contributed by atoms with Crippen LogP contribution in [0, 0.1) is 6.92 Å². The number of hydrogen-bond donors (Lipinski definition) is 0. The molecule has 1 atom stereocenters. The minimum Gasteiger partial charge on any atom is -0.379 e. The third-order valence-electron chi connectivity index (χ3n) is 4.11. The van der Waals surface area contributed by atoms with E-state index in [1.165, 1.54) is 16.0 Å². The number of aromatic nitrogens is 1. The second-order valence-corrected chi connectivity index (χ2v) is 7.22. The zero-order chi connectivity index (χ0) is 15.5. The van der Waals surface area contributed by atoms with E-state index < -0.39 is 0 Å². The van der Waals surface area contributed by atoms with E-state index in [2.05, 4.69) is 48.0 Å². The monoisotopic (exact) mass is 336 g/mol. The fourth-order valence-electron chi connectivity index (χ4n) is 2.66. The van der Waals surface area contributed by atoms with Gasteiger partial charge in [-0.15, -0.1) is 22.9 Å². The molecule has 0 spiro atoms. The predicted molar refractivity (Wildman–Crippen MR) is 92.5 cm³/mol. The van der Waals surface area contributed by atoms with Crippen molar-refractivity contribution in [1.29, 1.82) is 0 Å². The van der Waals surface area contributed by atoms with Crippen LogP contribution in [0.1, 0.15) is 23.1 Å². The maximum Gasteiger partial charge on any atom is 0.123 e. The van der Waals surface area contributed by atoms with Crippen molar-refractivity contribution in [3.8, 4) is 10.6 Å². The number of thiazole rings is 1. The van der Waals surface area contributed by atoms with Crippen molar-refractivity contribution < 1.29 is 4.74 Å². The van der Waals surface area contributed by atoms with Crippen LogP contribution in [-0.2, 0) is 17.2 Å². The molecule has 1 fully saturated rings. The van der Waals surface area contributed by atoms with E-state index in [0.717, 1.165) is 37.0 Å². The van der Waals surface area contributed by atoms with Gasteiger partial charge in [0.05, 0.1) is 24.8 Å². The van der Waals surface area contributed by atoms with Crippen LogP contribution in [-0.4, -0.2) is 35.7 Å². The molecule has 0 saturated carbocycles. The van der Waals surface area contributed by atoms with E-state index in [1.54, 1.807) is 11.3 Å². The summed E-state index contributed by atoms with van der Waals surface area (Å²) in [7, 11) is 0. The van der Waals surface area contributed by atoms with Gasteiger partial charge in [0.1, 0.15) is 5.01 Å². The van der Waals surface area contributed by atoms with Gasteiger partial charge in [-0.25, -0.2) is 4.98 Å².